The second-order valence-corrected chi connectivity index (χ2v) is 3.52. The first kappa shape index (κ1) is 12.0. The van der Waals surface area contributed by atoms with Crippen molar-refractivity contribution in [1.29, 1.82) is 0 Å². The molecule has 0 saturated carbocycles. The number of hydrogen-bond acceptors (Lipinski definition) is 2. The summed E-state index contributed by atoms with van der Waals surface area (Å²) in [6.45, 7) is 1.66. The molecule has 0 aliphatic carbocycles. The molecule has 0 spiro atoms. The van der Waals surface area contributed by atoms with Gasteiger partial charge in [0.2, 0.25) is 0 Å². The van der Waals surface area contributed by atoms with E-state index in [9.17, 15) is 9.18 Å². The predicted octanol–water partition coefficient (Wildman–Crippen LogP) is 2.59. The Labute approximate surface area is 93.0 Å². The summed E-state index contributed by atoms with van der Waals surface area (Å²) in [4.78, 5) is 11.1. The first-order valence-corrected chi connectivity index (χ1v) is 5.02. The van der Waals surface area contributed by atoms with Crippen molar-refractivity contribution >= 4 is 17.6 Å². The first-order chi connectivity index (χ1) is 7.08. The van der Waals surface area contributed by atoms with E-state index in [1.54, 1.807) is 13.0 Å². The maximum Gasteiger partial charge on any atom is 0.309 e. The molecule has 0 atom stereocenters. The highest BCUT2D eigenvalue weighted by Crippen LogP contribution is 2.18. The lowest BCUT2D eigenvalue weighted by Gasteiger charge is -2.08. The van der Waals surface area contributed by atoms with Crippen LogP contribution >= 0.6 is 11.6 Å². The molecule has 82 valence electrons. The van der Waals surface area contributed by atoms with Crippen LogP contribution in [0, 0.1) is 12.7 Å². The third kappa shape index (κ3) is 2.93. The molecule has 4 heteroatoms. The summed E-state index contributed by atoms with van der Waals surface area (Å²) >= 11 is 5.71. The van der Waals surface area contributed by atoms with E-state index in [1.165, 1.54) is 13.2 Å². The maximum absolute atomic E-state index is 13.3. The van der Waals surface area contributed by atoms with Gasteiger partial charge in [0.05, 0.1) is 13.5 Å². The topological polar surface area (TPSA) is 26.3 Å². The minimum Gasteiger partial charge on any atom is -0.469 e. The minimum atomic E-state index is -0.399. The molecule has 0 aromatic heterocycles. The average molecular weight is 231 g/mol. The fraction of sp³-hybridized carbons (Fsp3) is 0.364. The molecule has 1 aromatic carbocycles. The number of aryl methyl sites for hydroxylation is 1. The van der Waals surface area contributed by atoms with Crippen molar-refractivity contribution in [2.45, 2.75) is 19.2 Å². The van der Waals surface area contributed by atoms with Crippen LogP contribution in [0.4, 0.5) is 4.39 Å². The van der Waals surface area contributed by atoms with Crippen LogP contribution in [-0.2, 0) is 21.8 Å². The van der Waals surface area contributed by atoms with E-state index < -0.39 is 5.97 Å². The second kappa shape index (κ2) is 5.12. The van der Waals surface area contributed by atoms with E-state index in [0.29, 0.717) is 11.1 Å². The molecule has 0 amide bonds. The normalized spacial score (nSPS) is 10.1. The molecule has 0 aliphatic rings. The summed E-state index contributed by atoms with van der Waals surface area (Å²) in [6.07, 6.45) is 0.0513. The van der Waals surface area contributed by atoms with Gasteiger partial charge in [-0.25, -0.2) is 4.39 Å². The predicted molar refractivity (Wildman–Crippen MR) is 56.4 cm³/mol. The third-order valence-corrected chi connectivity index (χ3v) is 2.48. The highest BCUT2D eigenvalue weighted by molar-refractivity contribution is 6.17. The van der Waals surface area contributed by atoms with Crippen LogP contribution in [0.25, 0.3) is 0 Å². The molecule has 0 bridgehead atoms. The monoisotopic (exact) mass is 230 g/mol. The zero-order valence-corrected chi connectivity index (χ0v) is 9.40. The highest BCUT2D eigenvalue weighted by atomic mass is 35.5. The van der Waals surface area contributed by atoms with Crippen molar-refractivity contribution in [3.63, 3.8) is 0 Å². The molecule has 1 aromatic rings. The molecule has 0 unspecified atom stereocenters. The summed E-state index contributed by atoms with van der Waals surface area (Å²) in [5, 5.41) is 0. The Morgan fingerprint density at radius 2 is 2.13 bits per heavy atom. The molecule has 0 saturated heterocycles. The van der Waals surface area contributed by atoms with Gasteiger partial charge in [-0.2, -0.15) is 0 Å². The summed E-state index contributed by atoms with van der Waals surface area (Å²) < 4.78 is 17.8. The average Bonchev–Trinajstić information content (AvgIpc) is 2.22. The third-order valence-electron chi connectivity index (χ3n) is 2.19. The molecule has 0 heterocycles. The van der Waals surface area contributed by atoms with Crippen molar-refractivity contribution in [1.82, 2.24) is 0 Å². The van der Waals surface area contributed by atoms with Crippen LogP contribution in [0.1, 0.15) is 16.7 Å². The summed E-state index contributed by atoms with van der Waals surface area (Å²) in [5.74, 6) is -0.472. The van der Waals surface area contributed by atoms with Crippen molar-refractivity contribution in [3.8, 4) is 0 Å². The Kier molecular flexibility index (Phi) is 4.09. The molecule has 15 heavy (non-hydrogen) atoms. The molecule has 0 N–H and O–H groups in total. The lowest BCUT2D eigenvalue weighted by Crippen LogP contribution is -2.07. The van der Waals surface area contributed by atoms with Crippen molar-refractivity contribution in [2.24, 2.45) is 0 Å². The Balaban J connectivity index is 3.05. The summed E-state index contributed by atoms with van der Waals surface area (Å²) in [6, 6.07) is 2.99. The number of alkyl halides is 1. The van der Waals surface area contributed by atoms with Crippen LogP contribution in [0.15, 0.2) is 12.1 Å². The smallest absolute Gasteiger partial charge is 0.309 e. The SMILES string of the molecule is COC(=O)Cc1cc(F)c(C)cc1CCl. The fourth-order valence-corrected chi connectivity index (χ4v) is 1.55. The number of esters is 1. The lowest BCUT2D eigenvalue weighted by atomic mass is 10.0. The minimum absolute atomic E-state index is 0.0513. The van der Waals surface area contributed by atoms with Gasteiger partial charge in [0.1, 0.15) is 5.82 Å². The van der Waals surface area contributed by atoms with E-state index in [4.69, 9.17) is 11.6 Å². The fourth-order valence-electron chi connectivity index (χ4n) is 1.30. The van der Waals surface area contributed by atoms with E-state index in [1.807, 2.05) is 0 Å². The van der Waals surface area contributed by atoms with Crippen LogP contribution < -0.4 is 0 Å². The second-order valence-electron chi connectivity index (χ2n) is 3.26. The number of rotatable bonds is 3. The van der Waals surface area contributed by atoms with Crippen molar-refractivity contribution in [2.75, 3.05) is 7.11 Å². The molecular weight excluding hydrogens is 219 g/mol. The number of benzene rings is 1. The van der Waals surface area contributed by atoms with Gasteiger partial charge in [-0.3, -0.25) is 4.79 Å². The molecule has 1 rings (SSSR count). The zero-order chi connectivity index (χ0) is 11.4. The van der Waals surface area contributed by atoms with Crippen molar-refractivity contribution < 1.29 is 13.9 Å². The van der Waals surface area contributed by atoms with Gasteiger partial charge in [0.15, 0.2) is 0 Å². The number of methoxy groups -OCH3 is 1. The quantitative estimate of drug-likeness (QED) is 0.589. The number of hydrogen-bond donors (Lipinski definition) is 0. The van der Waals surface area contributed by atoms with Gasteiger partial charge >= 0.3 is 5.97 Å². The number of carbonyl (C=O) groups is 1. The number of halogens is 2. The van der Waals surface area contributed by atoms with Crippen LogP contribution in [0.5, 0.6) is 0 Å². The van der Waals surface area contributed by atoms with E-state index in [2.05, 4.69) is 4.74 Å². The lowest BCUT2D eigenvalue weighted by molar-refractivity contribution is -0.139. The van der Waals surface area contributed by atoms with E-state index in [-0.39, 0.29) is 18.1 Å². The van der Waals surface area contributed by atoms with Gasteiger partial charge in [0, 0.05) is 5.88 Å². The summed E-state index contributed by atoms with van der Waals surface area (Å²) in [7, 11) is 1.30. The number of carbonyl (C=O) groups excluding carboxylic acids is 1. The highest BCUT2D eigenvalue weighted by Gasteiger charge is 2.10. The molecule has 0 fully saturated rings. The Morgan fingerprint density at radius 3 is 2.67 bits per heavy atom. The van der Waals surface area contributed by atoms with E-state index >= 15 is 0 Å². The molecular formula is C11H12ClFO2. The Morgan fingerprint density at radius 1 is 1.47 bits per heavy atom. The van der Waals surface area contributed by atoms with Crippen LogP contribution in [0.2, 0.25) is 0 Å². The van der Waals surface area contributed by atoms with Gasteiger partial charge in [-0.1, -0.05) is 6.07 Å². The Hall–Kier alpha value is -1.09. The molecule has 0 radical (unpaired) electrons. The van der Waals surface area contributed by atoms with Crippen LogP contribution in [0.3, 0.4) is 0 Å². The first-order valence-electron chi connectivity index (χ1n) is 4.49. The standard InChI is InChI=1S/C11H12ClFO2/c1-7-3-9(6-12)8(4-10(7)13)5-11(14)15-2/h3-4H,5-6H2,1-2H3. The maximum atomic E-state index is 13.3. The summed E-state index contributed by atoms with van der Waals surface area (Å²) in [5.41, 5.74) is 1.88. The number of ether oxygens (including phenoxy) is 1. The van der Waals surface area contributed by atoms with Gasteiger partial charge in [0.25, 0.3) is 0 Å². The Bertz CT molecular complexity index is 377. The van der Waals surface area contributed by atoms with Crippen molar-refractivity contribution in [3.05, 3.63) is 34.6 Å². The van der Waals surface area contributed by atoms with Crippen LogP contribution in [-0.4, -0.2) is 13.1 Å². The largest absolute Gasteiger partial charge is 0.469 e. The van der Waals surface area contributed by atoms with E-state index in [0.717, 1.165) is 5.56 Å². The zero-order valence-electron chi connectivity index (χ0n) is 8.64. The molecule has 0 aliphatic heterocycles. The van der Waals surface area contributed by atoms with Gasteiger partial charge in [-0.15, -0.1) is 11.6 Å². The van der Waals surface area contributed by atoms with Gasteiger partial charge in [-0.05, 0) is 29.7 Å². The molecule has 2 nitrogen and oxygen atoms in total. The van der Waals surface area contributed by atoms with Gasteiger partial charge < -0.3 is 4.74 Å².